The van der Waals surface area contributed by atoms with Gasteiger partial charge in [-0.15, -0.1) is 0 Å². The highest BCUT2D eigenvalue weighted by atomic mass is 19.1. The fraction of sp³-hybridized carbons (Fsp3) is 0.500. The minimum atomic E-state index is -1.10. The van der Waals surface area contributed by atoms with Gasteiger partial charge in [0, 0.05) is 86.4 Å². The van der Waals surface area contributed by atoms with Gasteiger partial charge in [0.2, 0.25) is 23.6 Å². The number of carbonyl (C=O) groups excluding carboxylic acids is 4. The molecule has 4 aliphatic heterocycles. The first-order valence-electron chi connectivity index (χ1n) is 24.2. The van der Waals surface area contributed by atoms with Crippen molar-refractivity contribution in [1.82, 2.24) is 44.9 Å². The topological polar surface area (TPSA) is 219 Å². The van der Waals surface area contributed by atoms with Crippen LogP contribution in [0, 0.1) is 28.0 Å². The molecule has 1 spiro atoms. The van der Waals surface area contributed by atoms with E-state index in [4.69, 9.17) is 15.1 Å². The van der Waals surface area contributed by atoms with Crippen molar-refractivity contribution in [2.24, 2.45) is 10.8 Å². The first-order chi connectivity index (χ1) is 33.1. The number of piperidine rings is 3. The van der Waals surface area contributed by atoms with E-state index < -0.39 is 23.4 Å². The van der Waals surface area contributed by atoms with Crippen LogP contribution in [-0.2, 0) is 19.2 Å². The van der Waals surface area contributed by atoms with E-state index in [-0.39, 0.29) is 53.5 Å². The number of nitrogens with one attached hydrogen (secondary N) is 3. The van der Waals surface area contributed by atoms with Crippen LogP contribution in [0.1, 0.15) is 96.6 Å². The van der Waals surface area contributed by atoms with Crippen LogP contribution in [0.25, 0.3) is 28.0 Å². The number of hydrogen-bond acceptors (Lipinski definition) is 13. The summed E-state index contributed by atoms with van der Waals surface area (Å²) < 4.78 is 18.8. The number of aromatic nitrogens is 6. The Morgan fingerprint density at radius 2 is 1.74 bits per heavy atom. The van der Waals surface area contributed by atoms with Gasteiger partial charge in [-0.1, -0.05) is 6.92 Å². The third-order valence-electron chi connectivity index (χ3n) is 15.2. The molecule has 4 aromatic heterocycles. The molecule has 4 saturated heterocycles. The zero-order valence-corrected chi connectivity index (χ0v) is 39.2. The maximum atomic E-state index is 15.2. The summed E-state index contributed by atoms with van der Waals surface area (Å²) in [5.74, 6) is -0.275. The maximum absolute atomic E-state index is 15.2. The number of carbonyl (C=O) groups is 4. The number of imide groups is 1. The fourth-order valence-corrected chi connectivity index (χ4v) is 11.4. The van der Waals surface area contributed by atoms with Crippen LogP contribution in [0.4, 0.5) is 21.6 Å². The molecule has 5 aromatic rings. The fourth-order valence-electron chi connectivity index (χ4n) is 11.4. The number of rotatable bonds is 12. The van der Waals surface area contributed by atoms with Gasteiger partial charge < -0.3 is 30.4 Å². The lowest BCUT2D eigenvalue weighted by Gasteiger charge is -2.63. The van der Waals surface area contributed by atoms with E-state index in [9.17, 15) is 29.5 Å². The molecule has 18 nitrogen and oxygen atoms in total. The van der Waals surface area contributed by atoms with Gasteiger partial charge in [-0.2, -0.15) is 15.5 Å². The molecule has 8 heterocycles. The van der Waals surface area contributed by atoms with E-state index in [1.54, 1.807) is 35.2 Å². The summed E-state index contributed by atoms with van der Waals surface area (Å²) >= 11 is 0. The number of benzene rings is 1. The van der Waals surface area contributed by atoms with E-state index in [1.807, 2.05) is 46.7 Å². The monoisotopic (exact) mass is 939 g/mol. The Labute approximate surface area is 399 Å². The predicted octanol–water partition coefficient (Wildman–Crippen LogP) is 4.99. The molecule has 4 N–H and O–H groups in total. The normalized spacial score (nSPS) is 20.9. The number of halogens is 1. The highest BCUT2D eigenvalue weighted by Crippen LogP contribution is 2.56. The van der Waals surface area contributed by atoms with Gasteiger partial charge in [0.05, 0.1) is 59.1 Å². The van der Waals surface area contributed by atoms with Gasteiger partial charge in [-0.3, -0.25) is 29.2 Å². The molecule has 0 bridgehead atoms. The van der Waals surface area contributed by atoms with Crippen LogP contribution in [0.2, 0.25) is 0 Å². The first-order valence-corrected chi connectivity index (χ1v) is 24.2. The minimum Gasteiger partial charge on any atom is -0.389 e. The summed E-state index contributed by atoms with van der Waals surface area (Å²) in [7, 11) is 0. The number of aliphatic hydroxyl groups is 1. The van der Waals surface area contributed by atoms with Gasteiger partial charge in [-0.05, 0) is 95.5 Å². The molecule has 5 fully saturated rings. The molecule has 360 valence electrons. The Balaban J connectivity index is 0.730. The summed E-state index contributed by atoms with van der Waals surface area (Å²) in [6, 6.07) is 10.5. The van der Waals surface area contributed by atoms with Crippen LogP contribution in [-0.4, -0.2) is 120 Å². The third kappa shape index (κ3) is 8.86. The van der Waals surface area contributed by atoms with Crippen molar-refractivity contribution in [3.05, 3.63) is 72.7 Å². The summed E-state index contributed by atoms with van der Waals surface area (Å²) in [5.41, 5.74) is 2.96. The third-order valence-corrected chi connectivity index (χ3v) is 15.2. The Bertz CT molecular complexity index is 2840. The smallest absolute Gasteiger partial charge is 0.249 e. The number of anilines is 3. The van der Waals surface area contributed by atoms with Crippen molar-refractivity contribution in [1.29, 1.82) is 5.26 Å². The van der Waals surface area contributed by atoms with Crippen molar-refractivity contribution < 1.29 is 28.7 Å². The number of pyridine rings is 1. The SMILES string of the molecule is CCC1(C(=O)NC(C)C)CCN(c2ccc(-c3nc(-c4cnn(C5CCN(C(=O)CC6(O)CC7(CN(c8ccc(NC9CCC(=O)NC9=O)cc8F)C7)C6)CC5)c4)cn4ncc(C#N)c34)cn2)CC1. The van der Waals surface area contributed by atoms with Gasteiger partial charge in [0.25, 0.3) is 0 Å². The molecule has 69 heavy (non-hydrogen) atoms. The van der Waals surface area contributed by atoms with E-state index in [0.717, 1.165) is 49.3 Å². The second kappa shape index (κ2) is 17.9. The van der Waals surface area contributed by atoms with Gasteiger partial charge in [-0.25, -0.2) is 18.9 Å². The zero-order chi connectivity index (χ0) is 48.2. The second-order valence-corrected chi connectivity index (χ2v) is 20.3. The second-order valence-electron chi connectivity index (χ2n) is 20.3. The van der Waals surface area contributed by atoms with Gasteiger partial charge >= 0.3 is 0 Å². The molecule has 10 rings (SSSR count). The highest BCUT2D eigenvalue weighted by molar-refractivity contribution is 6.01. The van der Waals surface area contributed by atoms with Crippen LogP contribution in [0.5, 0.6) is 0 Å². The predicted molar refractivity (Wildman–Crippen MR) is 254 cm³/mol. The lowest BCUT2D eigenvalue weighted by molar-refractivity contribution is -0.163. The summed E-state index contributed by atoms with van der Waals surface area (Å²) in [4.78, 5) is 66.2. The minimum absolute atomic E-state index is 0.0482. The van der Waals surface area contributed by atoms with Crippen LogP contribution in [0.15, 0.2) is 61.3 Å². The van der Waals surface area contributed by atoms with Gasteiger partial charge in [0.1, 0.15) is 34.8 Å². The lowest BCUT2D eigenvalue weighted by Crippen LogP contribution is -2.69. The number of hydrogen-bond donors (Lipinski definition) is 4. The molecule has 5 aliphatic rings. The molecular weight excluding hydrogens is 882 g/mol. The lowest BCUT2D eigenvalue weighted by atomic mass is 9.54. The average molecular weight is 940 g/mol. The van der Waals surface area contributed by atoms with Crippen molar-refractivity contribution in [3.63, 3.8) is 0 Å². The summed E-state index contributed by atoms with van der Waals surface area (Å²) in [6.07, 6.45) is 14.1. The van der Waals surface area contributed by atoms with E-state index in [1.165, 1.54) is 12.3 Å². The van der Waals surface area contributed by atoms with Crippen molar-refractivity contribution in [2.75, 3.05) is 54.4 Å². The molecule has 1 aromatic carbocycles. The molecule has 1 unspecified atom stereocenters. The molecule has 1 atom stereocenters. The van der Waals surface area contributed by atoms with Gasteiger partial charge in [0.15, 0.2) is 0 Å². The summed E-state index contributed by atoms with van der Waals surface area (Å²) in [5, 5.41) is 39.1. The van der Waals surface area contributed by atoms with Crippen LogP contribution < -0.4 is 25.8 Å². The molecule has 1 saturated carbocycles. The van der Waals surface area contributed by atoms with Crippen LogP contribution >= 0.6 is 0 Å². The maximum Gasteiger partial charge on any atom is 0.249 e. The quantitative estimate of drug-likeness (QED) is 0.121. The van der Waals surface area contributed by atoms with E-state index in [2.05, 4.69) is 38.9 Å². The van der Waals surface area contributed by atoms with E-state index in [0.29, 0.717) is 92.1 Å². The molecule has 0 radical (unpaired) electrons. The van der Waals surface area contributed by atoms with Crippen molar-refractivity contribution in [3.8, 4) is 28.6 Å². The Kier molecular flexibility index (Phi) is 11.9. The summed E-state index contributed by atoms with van der Waals surface area (Å²) in [6.45, 7) is 9.73. The number of nitrogens with zero attached hydrogens (tertiary/aromatic N) is 10. The van der Waals surface area contributed by atoms with Crippen molar-refractivity contribution >= 4 is 46.3 Å². The number of likely N-dealkylation sites (tertiary alicyclic amines) is 1. The first kappa shape index (κ1) is 45.8. The van der Waals surface area contributed by atoms with Crippen LogP contribution in [0.3, 0.4) is 0 Å². The average Bonchev–Trinajstić information content (AvgIpc) is 3.99. The molecule has 19 heteroatoms. The molecule has 4 amide bonds. The van der Waals surface area contributed by atoms with E-state index >= 15 is 4.39 Å². The Morgan fingerprint density at radius 1 is 0.971 bits per heavy atom. The molecule has 1 aliphatic carbocycles. The number of amides is 4. The molecular formula is C50H58FN13O5. The highest BCUT2D eigenvalue weighted by Gasteiger charge is 2.60. The van der Waals surface area contributed by atoms with Crippen molar-refractivity contribution in [2.45, 2.75) is 109 Å². The Hall–Kier alpha value is -6.94. The Morgan fingerprint density at radius 3 is 2.41 bits per heavy atom. The number of nitriles is 1. The zero-order valence-electron chi connectivity index (χ0n) is 39.2. The standard InChI is InChI=1S/C50H58FN13O5/c1-4-49(47(68)56-31(2)3)13-17-60(18-14-49)41-9-5-32(22-53-41)44-45-33(21-52)23-55-64(45)26-39(58-44)34-24-54-63(25-34)36-11-15-61(16-12-36)43(66)20-50(69)27-48(28-50)29-62(30-48)40-8-6-35(19-37(40)51)57-38-7-10-42(65)59-46(38)67/h5-6,8-9,19,22-26,31,36,38,57,69H,4,7,10-18,20,27-30H2,1-3H3,(H,56,68)(H,59,65,67). The largest absolute Gasteiger partial charge is 0.389 e. The number of fused-ring (bicyclic) bond motifs is 1.